The number of hydrogen-bond donors (Lipinski definition) is 12. The van der Waals surface area contributed by atoms with Gasteiger partial charge in [0.05, 0.1) is 6.10 Å². The van der Waals surface area contributed by atoms with E-state index in [0.717, 1.165) is 19.3 Å². The van der Waals surface area contributed by atoms with E-state index >= 15 is 0 Å². The van der Waals surface area contributed by atoms with Crippen molar-refractivity contribution in [1.29, 1.82) is 0 Å². The second-order valence-electron chi connectivity index (χ2n) is 16.5. The Morgan fingerprint density at radius 2 is 0.968 bits per heavy atom. The van der Waals surface area contributed by atoms with E-state index < -0.39 is 65.9 Å². The van der Waals surface area contributed by atoms with Crippen molar-refractivity contribution in [1.82, 2.24) is 26.6 Å². The lowest BCUT2D eigenvalue weighted by Crippen LogP contribution is -2.61. The summed E-state index contributed by atoms with van der Waals surface area (Å²) in [5, 5.41) is 33.5. The fourth-order valence-electron chi connectivity index (χ4n) is 6.68. The largest absolute Gasteiger partial charge is 0.480 e. The summed E-state index contributed by atoms with van der Waals surface area (Å²) in [5.74, 6) is -5.19. The Kier molecular flexibility index (Phi) is 32.2. The minimum absolute atomic E-state index is 0.000193. The number of carbonyl (C=O) groups is 6. The number of aliphatic hydroxyl groups is 1. The fourth-order valence-corrected chi connectivity index (χ4v) is 6.68. The number of aliphatic imine (C=N–C) groups is 2. The number of carboxylic acids is 1. The predicted octanol–water partition coefficient (Wildman–Crippen LogP) is 0.859. The van der Waals surface area contributed by atoms with Crippen LogP contribution in [0.25, 0.3) is 0 Å². The van der Waals surface area contributed by atoms with Crippen molar-refractivity contribution in [3.05, 3.63) is 0 Å². The topological polar surface area (TPSA) is 358 Å². The van der Waals surface area contributed by atoms with Crippen LogP contribution in [0.15, 0.2) is 9.98 Å². The van der Waals surface area contributed by atoms with Crippen molar-refractivity contribution in [3.63, 3.8) is 0 Å². The van der Waals surface area contributed by atoms with E-state index in [4.69, 9.17) is 28.7 Å². The number of carboxylic acid groups (broad SMARTS) is 1. The molecule has 0 aliphatic heterocycles. The summed E-state index contributed by atoms with van der Waals surface area (Å²) >= 11 is 0. The number of aliphatic hydroxyl groups excluding tert-OH is 1. The van der Waals surface area contributed by atoms with Crippen LogP contribution in [0, 0.1) is 5.92 Å². The number of hydrogen-bond acceptors (Lipinski definition) is 10. The van der Waals surface area contributed by atoms with E-state index in [-0.39, 0.29) is 81.8 Å². The zero-order chi connectivity index (χ0) is 46.9. The number of aliphatic carboxylic acids is 1. The lowest BCUT2D eigenvalue weighted by Gasteiger charge is -2.28. The Morgan fingerprint density at radius 3 is 1.45 bits per heavy atom. The highest BCUT2D eigenvalue weighted by Gasteiger charge is 2.34. The molecule has 0 heterocycles. The van der Waals surface area contributed by atoms with Crippen molar-refractivity contribution in [3.8, 4) is 0 Å². The summed E-state index contributed by atoms with van der Waals surface area (Å²) in [6, 6.07) is -6.37. The second-order valence-corrected chi connectivity index (χ2v) is 16.5. The minimum atomic E-state index is -1.59. The van der Waals surface area contributed by atoms with Gasteiger partial charge in [-0.1, -0.05) is 85.0 Å². The molecule has 0 rings (SSSR count). The highest BCUT2D eigenvalue weighted by molar-refractivity contribution is 5.96. The van der Waals surface area contributed by atoms with E-state index in [2.05, 4.69) is 43.5 Å². The van der Waals surface area contributed by atoms with Gasteiger partial charge in [-0.2, -0.15) is 0 Å². The van der Waals surface area contributed by atoms with E-state index in [1.165, 1.54) is 51.9 Å². The minimum Gasteiger partial charge on any atom is -0.480 e. The number of unbranched alkanes of at least 4 members (excludes halogenated alkanes) is 11. The number of nitrogens with zero attached hydrogens (tertiary/aromatic N) is 2. The molecule has 17 N–H and O–H groups in total. The van der Waals surface area contributed by atoms with Crippen LogP contribution in [-0.2, 0) is 28.8 Å². The molecule has 1 unspecified atom stereocenters. The molecule has 0 radical (unpaired) electrons. The molecular formula is C42H82N12O8. The fraction of sp³-hybridized carbons (Fsp3) is 0.810. The highest BCUT2D eigenvalue weighted by Crippen LogP contribution is 2.13. The molecule has 358 valence electrons. The predicted molar refractivity (Wildman–Crippen MR) is 242 cm³/mol. The molecule has 20 heteroatoms. The monoisotopic (exact) mass is 883 g/mol. The van der Waals surface area contributed by atoms with E-state index in [9.17, 15) is 39.0 Å². The standard InChI is InChI=1S/C42H82N12O8/c1-5-6-7-8-9-10-11-12-13-14-15-23-34(56)50-30(20-16-17-24-43)36(57)51-31(21-18-25-48-41(44)45)37(58)54-35(29(4)55)39(60)53-33(27-28(2)3)38(59)52-32(40(61)62)22-19-26-49-42(46)47/h28-33,35,55H,5-27,43H2,1-4H3,(H,50,56)(H,51,57)(H,52,59)(H,53,60)(H,54,58)(H,61,62)(H4,44,45,48)(H4,46,47,49)/t29?,30-,31-,32-,33-,35-/m0/s1. The van der Waals surface area contributed by atoms with Crippen molar-refractivity contribution in [2.24, 2.45) is 44.6 Å². The number of amides is 5. The van der Waals surface area contributed by atoms with E-state index in [1.807, 2.05) is 0 Å². The lowest BCUT2D eigenvalue weighted by atomic mass is 10.0. The first kappa shape index (κ1) is 57.3. The van der Waals surface area contributed by atoms with Gasteiger partial charge in [0.2, 0.25) is 29.5 Å². The van der Waals surface area contributed by atoms with Gasteiger partial charge in [0.15, 0.2) is 11.9 Å². The number of guanidine groups is 2. The summed E-state index contributed by atoms with van der Waals surface area (Å²) < 4.78 is 0. The maximum Gasteiger partial charge on any atom is 0.326 e. The Hall–Kier alpha value is -4.72. The van der Waals surface area contributed by atoms with Crippen molar-refractivity contribution >= 4 is 47.4 Å². The molecule has 6 atom stereocenters. The maximum atomic E-state index is 13.9. The van der Waals surface area contributed by atoms with Crippen LogP contribution in [0.1, 0.15) is 156 Å². The quantitative estimate of drug-likeness (QED) is 0.0234. The zero-order valence-electron chi connectivity index (χ0n) is 37.9. The molecule has 0 aromatic heterocycles. The highest BCUT2D eigenvalue weighted by atomic mass is 16.4. The van der Waals surface area contributed by atoms with Crippen molar-refractivity contribution < 1.29 is 39.0 Å². The van der Waals surface area contributed by atoms with Crippen LogP contribution in [0.4, 0.5) is 0 Å². The third-order valence-electron chi connectivity index (χ3n) is 10.1. The summed E-state index contributed by atoms with van der Waals surface area (Å²) in [6.45, 7) is 7.72. The average molecular weight is 883 g/mol. The summed E-state index contributed by atoms with van der Waals surface area (Å²) in [6.07, 6.45) is 13.3. The van der Waals surface area contributed by atoms with Crippen LogP contribution in [-0.4, -0.2) is 114 Å². The molecule has 0 aliphatic rings. The average Bonchev–Trinajstić information content (AvgIpc) is 3.19. The summed E-state index contributed by atoms with van der Waals surface area (Å²) in [7, 11) is 0. The number of nitrogens with two attached hydrogens (primary N) is 5. The SMILES string of the molecule is CCCCCCCCCCCCCC(=O)N[C@@H](CCCCN)C(=O)N[C@@H](CCCN=C(N)N)C(=O)N[C@H](C(=O)N[C@@H](CC(C)C)C(=O)N[C@@H](CCCN=C(N)N)C(=O)O)C(C)O. The molecule has 0 spiro atoms. The molecule has 62 heavy (non-hydrogen) atoms. The van der Waals surface area contributed by atoms with Gasteiger partial charge in [-0.3, -0.25) is 34.0 Å². The summed E-state index contributed by atoms with van der Waals surface area (Å²) in [4.78, 5) is 87.5. The normalized spacial score (nSPS) is 14.0. The Bertz CT molecular complexity index is 1370. The van der Waals surface area contributed by atoms with Crippen LogP contribution in [0.2, 0.25) is 0 Å². The molecule has 0 aromatic carbocycles. The first-order valence-corrected chi connectivity index (χ1v) is 22.7. The molecule has 0 aliphatic carbocycles. The van der Waals surface area contributed by atoms with E-state index in [0.29, 0.717) is 25.8 Å². The van der Waals surface area contributed by atoms with Crippen LogP contribution in [0.5, 0.6) is 0 Å². The second kappa shape index (κ2) is 34.8. The molecule has 0 aromatic rings. The molecule has 0 fully saturated rings. The first-order valence-electron chi connectivity index (χ1n) is 22.7. The Labute approximate surface area is 368 Å². The van der Waals surface area contributed by atoms with Gasteiger partial charge in [-0.15, -0.1) is 0 Å². The van der Waals surface area contributed by atoms with Gasteiger partial charge in [-0.05, 0) is 77.2 Å². The first-order chi connectivity index (χ1) is 29.4. The smallest absolute Gasteiger partial charge is 0.326 e. The van der Waals surface area contributed by atoms with Gasteiger partial charge >= 0.3 is 5.97 Å². The maximum absolute atomic E-state index is 13.9. The third-order valence-corrected chi connectivity index (χ3v) is 10.1. The van der Waals surface area contributed by atoms with Gasteiger partial charge in [0.25, 0.3) is 0 Å². The van der Waals surface area contributed by atoms with E-state index in [1.54, 1.807) is 13.8 Å². The molecule has 5 amide bonds. The van der Waals surface area contributed by atoms with Crippen LogP contribution in [0.3, 0.4) is 0 Å². The zero-order valence-corrected chi connectivity index (χ0v) is 37.9. The van der Waals surface area contributed by atoms with Gasteiger partial charge in [0.1, 0.15) is 30.2 Å². The van der Waals surface area contributed by atoms with Gasteiger partial charge in [-0.25, -0.2) is 4.79 Å². The third kappa shape index (κ3) is 28.7. The summed E-state index contributed by atoms with van der Waals surface area (Å²) in [5.41, 5.74) is 27.3. The Balaban J connectivity index is 5.90. The Morgan fingerprint density at radius 1 is 0.532 bits per heavy atom. The molecular weight excluding hydrogens is 801 g/mol. The van der Waals surface area contributed by atoms with Gasteiger partial charge in [0, 0.05) is 19.5 Å². The lowest BCUT2D eigenvalue weighted by molar-refractivity contribution is -0.142. The molecule has 0 saturated heterocycles. The van der Waals surface area contributed by atoms with Crippen molar-refractivity contribution in [2.45, 2.75) is 192 Å². The number of nitrogens with one attached hydrogen (secondary N) is 5. The van der Waals surface area contributed by atoms with Gasteiger partial charge < -0.3 is 65.5 Å². The van der Waals surface area contributed by atoms with Crippen LogP contribution >= 0.6 is 0 Å². The number of rotatable bonds is 37. The number of carbonyl (C=O) groups excluding carboxylic acids is 5. The molecule has 20 nitrogen and oxygen atoms in total. The van der Waals surface area contributed by atoms with Crippen molar-refractivity contribution in [2.75, 3.05) is 19.6 Å². The van der Waals surface area contributed by atoms with Crippen LogP contribution < -0.4 is 55.3 Å². The molecule has 0 saturated carbocycles. The molecule has 0 bridgehead atoms.